The maximum Gasteiger partial charge on any atom is 0.0743 e. The molecule has 0 spiro atoms. The van der Waals surface area contributed by atoms with E-state index in [1.165, 1.54) is 25.8 Å². The van der Waals surface area contributed by atoms with Gasteiger partial charge in [-0.2, -0.15) is 0 Å². The normalized spacial score (nSPS) is 36.7. The van der Waals surface area contributed by atoms with Crippen LogP contribution in [0.3, 0.4) is 0 Å². The predicted molar refractivity (Wildman–Crippen MR) is 35.5 cm³/mol. The molecule has 3 heteroatoms. The number of hydrogen-bond acceptors (Lipinski definition) is 3. The van der Waals surface area contributed by atoms with E-state index >= 15 is 0 Å². The maximum atomic E-state index is 3.37. The Bertz CT molecular complexity index is 92.5. The van der Waals surface area contributed by atoms with Gasteiger partial charge >= 0.3 is 0 Å². The van der Waals surface area contributed by atoms with Crippen LogP contribution in [0.15, 0.2) is 0 Å². The highest BCUT2D eigenvalue weighted by Crippen LogP contribution is 2.14. The fraction of sp³-hybridized carbons (Fsp3) is 1.00. The molecule has 52 valence electrons. The van der Waals surface area contributed by atoms with Crippen molar-refractivity contribution in [2.75, 3.05) is 13.2 Å². The Labute approximate surface area is 55.4 Å². The van der Waals surface area contributed by atoms with Gasteiger partial charge in [0, 0.05) is 6.54 Å². The van der Waals surface area contributed by atoms with Crippen molar-refractivity contribution in [2.24, 2.45) is 0 Å². The largest absolute Gasteiger partial charge is 0.287 e. The summed E-state index contributed by atoms with van der Waals surface area (Å²) < 4.78 is 0. The van der Waals surface area contributed by atoms with E-state index in [9.17, 15) is 0 Å². The molecule has 0 aliphatic carbocycles. The number of nitrogens with one attached hydrogen (secondary N) is 2. The van der Waals surface area contributed by atoms with E-state index in [4.69, 9.17) is 0 Å². The third-order valence-electron chi connectivity index (χ3n) is 2.12. The number of rotatable bonds is 0. The minimum Gasteiger partial charge on any atom is -0.287 e. The van der Waals surface area contributed by atoms with Gasteiger partial charge in [-0.15, -0.1) is 0 Å². The van der Waals surface area contributed by atoms with E-state index < -0.39 is 0 Å². The van der Waals surface area contributed by atoms with Gasteiger partial charge in [-0.3, -0.25) is 5.32 Å². The molecule has 0 aromatic heterocycles. The number of hydrogen-bond donors (Lipinski definition) is 2. The molecule has 0 bridgehead atoms. The Morgan fingerprint density at radius 1 is 1.33 bits per heavy atom. The van der Waals surface area contributed by atoms with Gasteiger partial charge in [0.1, 0.15) is 0 Å². The first-order valence-electron chi connectivity index (χ1n) is 3.70. The summed E-state index contributed by atoms with van der Waals surface area (Å²) in [6.07, 6.45) is 4.69. The molecule has 0 radical (unpaired) electrons. The molecule has 2 fully saturated rings. The Morgan fingerprint density at radius 2 is 2.33 bits per heavy atom. The lowest BCUT2D eigenvalue weighted by Crippen LogP contribution is -2.42. The SMILES string of the molecule is C1CCN2NCNC2C1. The van der Waals surface area contributed by atoms with Crippen LogP contribution in [0.5, 0.6) is 0 Å². The van der Waals surface area contributed by atoms with Gasteiger partial charge < -0.3 is 0 Å². The van der Waals surface area contributed by atoms with E-state index in [-0.39, 0.29) is 0 Å². The van der Waals surface area contributed by atoms with Crippen molar-refractivity contribution in [3.8, 4) is 0 Å². The quantitative estimate of drug-likeness (QED) is 0.474. The summed E-state index contributed by atoms with van der Waals surface area (Å²) in [6, 6.07) is 0. The predicted octanol–water partition coefficient (Wildman–Crippen LogP) is -0.136. The molecule has 2 aliphatic heterocycles. The van der Waals surface area contributed by atoms with Crippen LogP contribution in [-0.2, 0) is 0 Å². The average molecular weight is 127 g/mol. The first kappa shape index (κ1) is 5.65. The summed E-state index contributed by atoms with van der Waals surface area (Å²) in [7, 11) is 0. The molecule has 1 unspecified atom stereocenters. The molecule has 0 amide bonds. The Morgan fingerprint density at radius 3 is 3.22 bits per heavy atom. The maximum absolute atomic E-state index is 3.37. The lowest BCUT2D eigenvalue weighted by molar-refractivity contribution is 0.136. The van der Waals surface area contributed by atoms with E-state index in [1.807, 2.05) is 0 Å². The fourth-order valence-corrected chi connectivity index (χ4v) is 1.60. The molecule has 2 N–H and O–H groups in total. The zero-order valence-electron chi connectivity index (χ0n) is 5.56. The van der Waals surface area contributed by atoms with Crippen LogP contribution in [0.4, 0.5) is 0 Å². The highest BCUT2D eigenvalue weighted by atomic mass is 15.6. The molecular weight excluding hydrogens is 114 g/mol. The molecule has 2 rings (SSSR count). The molecule has 2 heterocycles. The van der Waals surface area contributed by atoms with Crippen molar-refractivity contribution in [3.05, 3.63) is 0 Å². The zero-order valence-corrected chi connectivity index (χ0v) is 5.56. The van der Waals surface area contributed by atoms with Crippen molar-refractivity contribution in [3.63, 3.8) is 0 Å². The second kappa shape index (κ2) is 2.25. The third kappa shape index (κ3) is 0.956. The minimum atomic E-state index is 0.638. The topological polar surface area (TPSA) is 27.3 Å². The fourth-order valence-electron chi connectivity index (χ4n) is 1.60. The summed E-state index contributed by atoms with van der Waals surface area (Å²) in [5, 5.41) is 5.68. The Hall–Kier alpha value is -0.120. The van der Waals surface area contributed by atoms with Crippen LogP contribution in [0.2, 0.25) is 0 Å². The lowest BCUT2D eigenvalue weighted by Gasteiger charge is -2.27. The molecule has 2 aliphatic rings. The number of hydrazine groups is 1. The number of piperidine rings is 1. The summed E-state index contributed by atoms with van der Waals surface area (Å²) >= 11 is 0. The van der Waals surface area contributed by atoms with Crippen molar-refractivity contribution in [1.29, 1.82) is 0 Å². The number of fused-ring (bicyclic) bond motifs is 1. The van der Waals surface area contributed by atoms with E-state index in [0.29, 0.717) is 6.17 Å². The van der Waals surface area contributed by atoms with Crippen molar-refractivity contribution in [1.82, 2.24) is 15.8 Å². The average Bonchev–Trinajstić information content (AvgIpc) is 2.33. The van der Waals surface area contributed by atoms with Gasteiger partial charge in [0.25, 0.3) is 0 Å². The van der Waals surface area contributed by atoms with Crippen LogP contribution >= 0.6 is 0 Å². The first-order chi connectivity index (χ1) is 4.47. The van der Waals surface area contributed by atoms with Gasteiger partial charge in [-0.1, -0.05) is 0 Å². The third-order valence-corrected chi connectivity index (χ3v) is 2.12. The van der Waals surface area contributed by atoms with Crippen molar-refractivity contribution in [2.45, 2.75) is 25.4 Å². The molecule has 9 heavy (non-hydrogen) atoms. The Balaban J connectivity index is 1.97. The molecule has 2 saturated heterocycles. The minimum absolute atomic E-state index is 0.638. The van der Waals surface area contributed by atoms with Crippen LogP contribution in [0, 0.1) is 0 Å². The molecule has 0 aromatic rings. The molecular formula is C6H13N3. The van der Waals surface area contributed by atoms with Crippen LogP contribution in [0.25, 0.3) is 0 Å². The summed E-state index contributed by atoms with van der Waals surface area (Å²) in [4.78, 5) is 0. The second-order valence-corrected chi connectivity index (χ2v) is 2.74. The summed E-state index contributed by atoms with van der Waals surface area (Å²) in [6.45, 7) is 2.18. The van der Waals surface area contributed by atoms with Gasteiger partial charge in [-0.25, -0.2) is 10.4 Å². The summed E-state index contributed by atoms with van der Waals surface area (Å²) in [5.74, 6) is 0. The van der Waals surface area contributed by atoms with E-state index in [2.05, 4.69) is 15.8 Å². The first-order valence-corrected chi connectivity index (χ1v) is 3.70. The lowest BCUT2D eigenvalue weighted by atomic mass is 10.1. The highest BCUT2D eigenvalue weighted by Gasteiger charge is 2.25. The molecule has 3 nitrogen and oxygen atoms in total. The van der Waals surface area contributed by atoms with Gasteiger partial charge in [-0.05, 0) is 19.3 Å². The van der Waals surface area contributed by atoms with E-state index in [0.717, 1.165) is 6.67 Å². The molecule has 0 saturated carbocycles. The smallest absolute Gasteiger partial charge is 0.0743 e. The van der Waals surface area contributed by atoms with Crippen LogP contribution in [-0.4, -0.2) is 24.4 Å². The van der Waals surface area contributed by atoms with Gasteiger partial charge in [0.15, 0.2) is 0 Å². The van der Waals surface area contributed by atoms with E-state index in [1.54, 1.807) is 0 Å². The highest BCUT2D eigenvalue weighted by molar-refractivity contribution is 4.75. The molecule has 1 atom stereocenters. The standard InChI is InChI=1S/C6H13N3/c1-2-4-9-6(3-1)7-5-8-9/h6-8H,1-5H2. The van der Waals surface area contributed by atoms with Crippen molar-refractivity contribution < 1.29 is 0 Å². The monoisotopic (exact) mass is 127 g/mol. The number of nitrogens with zero attached hydrogens (tertiary/aromatic N) is 1. The van der Waals surface area contributed by atoms with Gasteiger partial charge in [0.05, 0.1) is 12.8 Å². The second-order valence-electron chi connectivity index (χ2n) is 2.74. The Kier molecular flexibility index (Phi) is 1.41. The summed E-state index contributed by atoms with van der Waals surface area (Å²) in [5.41, 5.74) is 3.28. The zero-order chi connectivity index (χ0) is 6.10. The van der Waals surface area contributed by atoms with Crippen LogP contribution < -0.4 is 10.7 Å². The molecule has 0 aromatic carbocycles. The van der Waals surface area contributed by atoms with Crippen LogP contribution in [0.1, 0.15) is 19.3 Å². The van der Waals surface area contributed by atoms with Gasteiger partial charge in [0.2, 0.25) is 0 Å². The van der Waals surface area contributed by atoms with Crippen molar-refractivity contribution >= 4 is 0 Å².